The molecule has 0 bridgehead atoms. The highest BCUT2D eigenvalue weighted by atomic mass is 16.6. The first-order valence-electron chi connectivity index (χ1n) is 6.30. The highest BCUT2D eigenvalue weighted by Crippen LogP contribution is 1.86. The second kappa shape index (κ2) is 13.2. The van der Waals surface area contributed by atoms with Gasteiger partial charge < -0.3 is 29.2 Å². The van der Waals surface area contributed by atoms with Crippen LogP contribution < -0.4 is 0 Å². The molecule has 0 heterocycles. The van der Waals surface area contributed by atoms with Crippen molar-refractivity contribution in [2.24, 2.45) is 0 Å². The molecule has 0 aromatic rings. The molecule has 6 nitrogen and oxygen atoms in total. The molecule has 0 rings (SSSR count). The van der Waals surface area contributed by atoms with Crippen LogP contribution in [0.5, 0.6) is 0 Å². The number of hydrogen-bond donors (Lipinski definition) is 2. The molecule has 0 unspecified atom stereocenters. The van der Waals surface area contributed by atoms with E-state index < -0.39 is 12.2 Å². The molecular formula is C12H26O6. The number of aliphatic hydroxyl groups is 2. The minimum Gasteiger partial charge on any atom is -0.391 e. The molecular weight excluding hydrogens is 240 g/mol. The average molecular weight is 266 g/mol. The van der Waals surface area contributed by atoms with Crippen LogP contribution in [0.2, 0.25) is 0 Å². The fourth-order valence-electron chi connectivity index (χ4n) is 1.07. The zero-order chi connectivity index (χ0) is 13.6. The Morgan fingerprint density at radius 3 is 1.17 bits per heavy atom. The van der Waals surface area contributed by atoms with E-state index in [1.165, 1.54) is 0 Å². The summed E-state index contributed by atoms with van der Waals surface area (Å²) in [6.45, 7) is 6.97. The maximum Gasteiger partial charge on any atom is 0.0745 e. The van der Waals surface area contributed by atoms with Gasteiger partial charge in [0.05, 0.1) is 65.1 Å². The lowest BCUT2D eigenvalue weighted by molar-refractivity contribution is -0.0210. The predicted molar refractivity (Wildman–Crippen MR) is 66.6 cm³/mol. The van der Waals surface area contributed by atoms with Crippen LogP contribution in [-0.2, 0) is 18.9 Å². The predicted octanol–water partition coefficient (Wildman–Crippen LogP) is -0.186. The Labute approximate surface area is 109 Å². The van der Waals surface area contributed by atoms with Crippen LogP contribution in [-0.4, -0.2) is 75.3 Å². The Hall–Kier alpha value is -0.240. The van der Waals surface area contributed by atoms with Crippen LogP contribution >= 0.6 is 0 Å². The molecule has 0 saturated carbocycles. The van der Waals surface area contributed by atoms with Gasteiger partial charge >= 0.3 is 0 Å². The highest BCUT2D eigenvalue weighted by molar-refractivity contribution is 4.42. The summed E-state index contributed by atoms with van der Waals surface area (Å²) < 4.78 is 20.7. The van der Waals surface area contributed by atoms with Crippen molar-refractivity contribution in [3.8, 4) is 0 Å². The fourth-order valence-corrected chi connectivity index (χ4v) is 1.07. The summed E-state index contributed by atoms with van der Waals surface area (Å²) in [4.78, 5) is 0. The van der Waals surface area contributed by atoms with Gasteiger partial charge in [-0.25, -0.2) is 0 Å². The summed E-state index contributed by atoms with van der Waals surface area (Å²) in [7, 11) is 0. The topological polar surface area (TPSA) is 77.4 Å². The molecule has 0 radical (unpaired) electrons. The molecule has 0 aromatic carbocycles. The van der Waals surface area contributed by atoms with Gasteiger partial charge in [0.25, 0.3) is 0 Å². The molecule has 2 N–H and O–H groups in total. The van der Waals surface area contributed by atoms with Gasteiger partial charge in [0.2, 0.25) is 0 Å². The highest BCUT2D eigenvalue weighted by Gasteiger charge is 1.96. The van der Waals surface area contributed by atoms with Gasteiger partial charge in [-0.15, -0.1) is 0 Å². The summed E-state index contributed by atoms with van der Waals surface area (Å²) in [5, 5.41) is 17.8. The van der Waals surface area contributed by atoms with E-state index in [0.29, 0.717) is 52.9 Å². The number of ether oxygens (including phenoxy) is 4. The summed E-state index contributed by atoms with van der Waals surface area (Å²) >= 11 is 0. The Morgan fingerprint density at radius 1 is 0.611 bits per heavy atom. The lowest BCUT2D eigenvalue weighted by Crippen LogP contribution is -2.16. The third kappa shape index (κ3) is 15.8. The van der Waals surface area contributed by atoms with E-state index in [4.69, 9.17) is 29.2 Å². The number of aliphatic hydroxyl groups excluding tert-OH is 2. The van der Waals surface area contributed by atoms with Crippen LogP contribution in [0.25, 0.3) is 0 Å². The molecule has 0 amide bonds. The molecule has 0 fully saturated rings. The van der Waals surface area contributed by atoms with E-state index in [1.54, 1.807) is 13.8 Å². The molecule has 0 aliphatic heterocycles. The SMILES string of the molecule is C[C@@H](O)COCCOCCOCCOC[C@@H](C)O. The van der Waals surface area contributed by atoms with E-state index in [-0.39, 0.29) is 0 Å². The molecule has 0 aliphatic rings. The number of hydrogen-bond acceptors (Lipinski definition) is 6. The van der Waals surface area contributed by atoms with Crippen molar-refractivity contribution in [3.05, 3.63) is 0 Å². The largest absolute Gasteiger partial charge is 0.391 e. The Kier molecular flexibility index (Phi) is 13.0. The van der Waals surface area contributed by atoms with Crippen LogP contribution in [0, 0.1) is 0 Å². The van der Waals surface area contributed by atoms with E-state index in [1.807, 2.05) is 0 Å². The first-order chi connectivity index (χ1) is 8.63. The third-order valence-electron chi connectivity index (χ3n) is 1.83. The summed E-state index contributed by atoms with van der Waals surface area (Å²) in [5.41, 5.74) is 0. The van der Waals surface area contributed by atoms with Crippen molar-refractivity contribution in [2.75, 3.05) is 52.9 Å². The lowest BCUT2D eigenvalue weighted by Gasteiger charge is -2.08. The van der Waals surface area contributed by atoms with Gasteiger partial charge in [-0.2, -0.15) is 0 Å². The van der Waals surface area contributed by atoms with Gasteiger partial charge in [-0.3, -0.25) is 0 Å². The van der Waals surface area contributed by atoms with Gasteiger partial charge in [0, 0.05) is 0 Å². The van der Waals surface area contributed by atoms with Crippen molar-refractivity contribution < 1.29 is 29.2 Å². The summed E-state index contributed by atoms with van der Waals surface area (Å²) in [6, 6.07) is 0. The van der Waals surface area contributed by atoms with Crippen LogP contribution in [0.4, 0.5) is 0 Å². The van der Waals surface area contributed by atoms with Gasteiger partial charge in [-0.1, -0.05) is 0 Å². The monoisotopic (exact) mass is 266 g/mol. The molecule has 2 atom stereocenters. The standard InChI is InChI=1S/C12H26O6/c1-11(13)9-17-7-5-15-3-4-16-6-8-18-10-12(2)14/h11-14H,3-10H2,1-2H3/t11-,12-/m1/s1. The fraction of sp³-hybridized carbons (Fsp3) is 1.00. The molecule has 0 aromatic heterocycles. The Balaban J connectivity index is 2.95. The maximum atomic E-state index is 8.92. The second-order valence-corrected chi connectivity index (χ2v) is 4.07. The molecule has 0 spiro atoms. The van der Waals surface area contributed by atoms with Crippen molar-refractivity contribution in [1.29, 1.82) is 0 Å². The quantitative estimate of drug-likeness (QED) is 0.450. The van der Waals surface area contributed by atoms with Crippen molar-refractivity contribution >= 4 is 0 Å². The van der Waals surface area contributed by atoms with E-state index >= 15 is 0 Å². The van der Waals surface area contributed by atoms with Crippen molar-refractivity contribution in [3.63, 3.8) is 0 Å². The van der Waals surface area contributed by atoms with Crippen LogP contribution in [0.15, 0.2) is 0 Å². The minimum atomic E-state index is -0.435. The zero-order valence-electron chi connectivity index (χ0n) is 11.3. The molecule has 110 valence electrons. The van der Waals surface area contributed by atoms with Crippen LogP contribution in [0.1, 0.15) is 13.8 Å². The first-order valence-corrected chi connectivity index (χ1v) is 6.30. The van der Waals surface area contributed by atoms with Crippen molar-refractivity contribution in [2.45, 2.75) is 26.1 Å². The first kappa shape index (κ1) is 17.8. The van der Waals surface area contributed by atoms with Crippen LogP contribution in [0.3, 0.4) is 0 Å². The molecule has 18 heavy (non-hydrogen) atoms. The summed E-state index contributed by atoms with van der Waals surface area (Å²) in [6.07, 6.45) is -0.870. The summed E-state index contributed by atoms with van der Waals surface area (Å²) in [5.74, 6) is 0. The Morgan fingerprint density at radius 2 is 0.889 bits per heavy atom. The smallest absolute Gasteiger partial charge is 0.0745 e. The minimum absolute atomic E-state index is 0.334. The van der Waals surface area contributed by atoms with E-state index in [9.17, 15) is 0 Å². The number of rotatable bonds is 13. The third-order valence-corrected chi connectivity index (χ3v) is 1.83. The van der Waals surface area contributed by atoms with Crippen molar-refractivity contribution in [1.82, 2.24) is 0 Å². The molecule has 0 saturated heterocycles. The average Bonchev–Trinajstić information content (AvgIpc) is 2.29. The lowest BCUT2D eigenvalue weighted by atomic mass is 10.4. The van der Waals surface area contributed by atoms with E-state index in [2.05, 4.69) is 0 Å². The normalized spacial score (nSPS) is 14.7. The molecule has 6 heteroatoms. The van der Waals surface area contributed by atoms with Gasteiger partial charge in [0.1, 0.15) is 0 Å². The maximum absolute atomic E-state index is 8.92. The second-order valence-electron chi connectivity index (χ2n) is 4.07. The van der Waals surface area contributed by atoms with Gasteiger partial charge in [0.15, 0.2) is 0 Å². The van der Waals surface area contributed by atoms with Gasteiger partial charge in [-0.05, 0) is 13.8 Å². The van der Waals surface area contributed by atoms with E-state index in [0.717, 1.165) is 0 Å². The molecule has 0 aliphatic carbocycles. The zero-order valence-corrected chi connectivity index (χ0v) is 11.3. The Bertz CT molecular complexity index is 145.